The van der Waals surface area contributed by atoms with E-state index < -0.39 is 142 Å². The number of nitriles is 2. The van der Waals surface area contributed by atoms with Crippen molar-refractivity contribution in [3.63, 3.8) is 0 Å². The van der Waals surface area contributed by atoms with Gasteiger partial charge in [-0.05, 0) is 121 Å². The van der Waals surface area contributed by atoms with Crippen molar-refractivity contribution in [3.8, 4) is 12.1 Å². The van der Waals surface area contributed by atoms with E-state index in [0.29, 0.717) is 50.5 Å². The van der Waals surface area contributed by atoms with E-state index in [2.05, 4.69) is 12.1 Å². The van der Waals surface area contributed by atoms with Crippen molar-refractivity contribution in [2.24, 2.45) is 58.2 Å². The number of hydrogen-bond acceptors (Lipinski definition) is 19. The maximum absolute atomic E-state index is 14.7. The lowest BCUT2D eigenvalue weighted by Gasteiger charge is -2.49. The van der Waals surface area contributed by atoms with Crippen LogP contribution in [0.2, 0.25) is 0 Å². The lowest BCUT2D eigenvalue weighted by molar-refractivity contribution is -0.265. The van der Waals surface area contributed by atoms with Gasteiger partial charge in [0.05, 0.1) is 49.8 Å². The second kappa shape index (κ2) is 28.9. The van der Waals surface area contributed by atoms with Gasteiger partial charge in [-0.15, -0.1) is 0 Å². The molecule has 0 spiro atoms. The smallest absolute Gasteiger partial charge is 0.329 e. The molecule has 6 aliphatic rings. The summed E-state index contributed by atoms with van der Waals surface area (Å²) in [6, 6.07) is 2.90. The third-order valence-corrected chi connectivity index (χ3v) is 18.2. The van der Waals surface area contributed by atoms with E-state index in [1.54, 1.807) is 53.7 Å². The van der Waals surface area contributed by atoms with Crippen molar-refractivity contribution in [3.05, 3.63) is 35.5 Å². The number of Topliss-reactive ketones (excluding diaryl/α,β-unsaturated/α-hetero) is 3. The van der Waals surface area contributed by atoms with Gasteiger partial charge in [-0.25, -0.2) is 4.79 Å². The molecule has 450 valence electrons. The molecule has 1 amide bonds. The number of nitrogens with zero attached hydrogens (tertiary/aromatic N) is 3. The maximum atomic E-state index is 14.7. The number of esters is 3. The number of rotatable bonds is 10. The third-order valence-electron chi connectivity index (χ3n) is 18.2. The quantitative estimate of drug-likeness (QED) is 0.0975. The topological polar surface area (TPSA) is 296 Å². The summed E-state index contributed by atoms with van der Waals surface area (Å²) in [7, 11) is 4.19. The van der Waals surface area contributed by atoms with Crippen molar-refractivity contribution in [2.45, 2.75) is 194 Å². The average Bonchev–Trinajstić information content (AvgIpc) is 3.34. The number of hydrogen-bond donors (Lipinski definition) is 3. The van der Waals surface area contributed by atoms with Gasteiger partial charge in [0.2, 0.25) is 5.79 Å². The number of piperidine rings is 1. The SMILES string of the molecule is CCOC(=O)C1(C#N)C2C=CC(C(C)CC(C)C(=O)C(OC)C(O)/C(C)=C/C(C)C(=O)CC(C(C)CC3CCC(O)C(OC)C3)OC(=O)C3CCCCN3C(=O)C(=O)C3(O)OC(CCC3C)CC(OC)/C(C)=C/2)C1(C#N)C(=O)OCC. The van der Waals surface area contributed by atoms with Gasteiger partial charge in [0.1, 0.15) is 30.1 Å². The summed E-state index contributed by atoms with van der Waals surface area (Å²) in [5, 5.41) is 57.5. The Bertz CT molecular complexity index is 2460. The van der Waals surface area contributed by atoms with Crippen LogP contribution in [0.15, 0.2) is 35.5 Å². The second-order valence-corrected chi connectivity index (χ2v) is 23.5. The fourth-order valence-corrected chi connectivity index (χ4v) is 13.3. The van der Waals surface area contributed by atoms with Crippen molar-refractivity contribution in [1.82, 2.24) is 4.90 Å². The van der Waals surface area contributed by atoms with E-state index >= 15 is 0 Å². The van der Waals surface area contributed by atoms with E-state index in [4.69, 9.17) is 33.2 Å². The fourth-order valence-electron chi connectivity index (χ4n) is 13.3. The summed E-state index contributed by atoms with van der Waals surface area (Å²) in [5.41, 5.74) is -4.55. The summed E-state index contributed by atoms with van der Waals surface area (Å²) in [4.78, 5) is 103. The predicted octanol–water partition coefficient (Wildman–Crippen LogP) is 6.02. The number of ether oxygens (including phenoxy) is 7. The molecule has 4 aliphatic heterocycles. The number of carbonyl (C=O) groups is 7. The van der Waals surface area contributed by atoms with Crippen LogP contribution in [0, 0.1) is 80.8 Å². The Labute approximate surface area is 477 Å². The zero-order chi connectivity index (χ0) is 60.3. The van der Waals surface area contributed by atoms with Gasteiger partial charge in [0, 0.05) is 70.3 Å². The first-order chi connectivity index (χ1) is 38.3. The van der Waals surface area contributed by atoms with E-state index in [0.717, 1.165) is 4.90 Å². The van der Waals surface area contributed by atoms with Crippen molar-refractivity contribution in [1.29, 1.82) is 10.5 Å². The summed E-state index contributed by atoms with van der Waals surface area (Å²) in [6.45, 7) is 14.1. The first-order valence-corrected chi connectivity index (χ1v) is 29.0. The van der Waals surface area contributed by atoms with Crippen LogP contribution >= 0.6 is 0 Å². The monoisotopic (exact) mass is 1140 g/mol. The number of amides is 1. The van der Waals surface area contributed by atoms with Gasteiger partial charge < -0.3 is 53.4 Å². The summed E-state index contributed by atoms with van der Waals surface area (Å²) < 4.78 is 40.9. The summed E-state index contributed by atoms with van der Waals surface area (Å²) >= 11 is 0. The molecule has 0 aromatic rings. The number of carbonyl (C=O) groups excluding carboxylic acids is 7. The lowest BCUT2D eigenvalue weighted by atomic mass is 9.48. The van der Waals surface area contributed by atoms with Gasteiger partial charge in [0.15, 0.2) is 16.6 Å². The number of fused-ring (bicyclic) bond motifs is 16. The van der Waals surface area contributed by atoms with Crippen LogP contribution in [0.3, 0.4) is 0 Å². The van der Waals surface area contributed by atoms with Crippen LogP contribution in [0.4, 0.5) is 0 Å². The van der Waals surface area contributed by atoms with Gasteiger partial charge >= 0.3 is 17.9 Å². The Morgan fingerprint density at radius 3 is 2.07 bits per heavy atom. The zero-order valence-corrected chi connectivity index (χ0v) is 49.6. The van der Waals surface area contributed by atoms with E-state index in [1.807, 2.05) is 6.92 Å². The molecule has 0 aromatic heterocycles. The molecule has 4 bridgehead atoms. The summed E-state index contributed by atoms with van der Waals surface area (Å²) in [5.74, 6) is -15.6. The molecule has 0 aromatic carbocycles. The average molecular weight is 1140 g/mol. The Morgan fingerprint density at radius 1 is 0.815 bits per heavy atom. The van der Waals surface area contributed by atoms with Crippen LogP contribution in [0.5, 0.6) is 0 Å². The summed E-state index contributed by atoms with van der Waals surface area (Å²) in [6.07, 6.45) is 2.68. The van der Waals surface area contributed by atoms with Crippen molar-refractivity contribution in [2.75, 3.05) is 41.1 Å². The highest BCUT2D eigenvalue weighted by Gasteiger charge is 2.72. The molecule has 81 heavy (non-hydrogen) atoms. The Balaban J connectivity index is 1.65. The number of aliphatic hydroxyl groups excluding tert-OH is 2. The molecule has 0 radical (unpaired) electrons. The molecule has 4 heterocycles. The second-order valence-electron chi connectivity index (χ2n) is 23.5. The molecule has 19 atom stereocenters. The molecular weight excluding hydrogens is 1050 g/mol. The number of aliphatic hydroxyl groups is 3. The standard InChI is InChI=1S/C61H89N3O17/c1-13-78-57(72)59(32-62)42-20-22-44(60(59,33-63)58(73)79-14-2)34(3)25-38(7)51(67)53(77-12)52(68)39(8)26-35(4)47(66)31-49(36(5)27-41-19-23-46(65)50(29-41)76-11)80-56(71)45-17-15-16-24-64(45)55(70)54(69)61(74)40(9)18-21-43(81-61)30-48(75-10)37(6)28-42/h20,22,26,28,34-36,38,40-46,48-50,52-53,65,68,74H,13-19,21,23-25,27,29-31H2,1-12H3/b37-28+,39-26+. The van der Waals surface area contributed by atoms with Crippen LogP contribution in [0.1, 0.15) is 139 Å². The van der Waals surface area contributed by atoms with Gasteiger partial charge in [-0.2, -0.15) is 10.5 Å². The molecule has 2 aliphatic carbocycles. The highest BCUT2D eigenvalue weighted by Crippen LogP contribution is 2.58. The molecule has 20 nitrogen and oxygen atoms in total. The molecule has 2 saturated heterocycles. The van der Waals surface area contributed by atoms with Crippen LogP contribution < -0.4 is 0 Å². The van der Waals surface area contributed by atoms with Crippen molar-refractivity contribution >= 4 is 41.2 Å². The highest BCUT2D eigenvalue weighted by atomic mass is 16.6. The first-order valence-electron chi connectivity index (χ1n) is 29.0. The molecule has 3 N–H and O–H groups in total. The van der Waals surface area contributed by atoms with Crippen LogP contribution in [-0.4, -0.2) is 157 Å². The van der Waals surface area contributed by atoms with Gasteiger partial charge in [0.25, 0.3) is 11.7 Å². The van der Waals surface area contributed by atoms with E-state index in [9.17, 15) is 59.4 Å². The molecule has 6 rings (SSSR count). The Kier molecular flexibility index (Phi) is 23.7. The zero-order valence-electron chi connectivity index (χ0n) is 49.6. The fraction of sp³-hybridized carbons (Fsp3) is 0.754. The molecule has 3 fully saturated rings. The van der Waals surface area contributed by atoms with Crippen LogP contribution in [0.25, 0.3) is 0 Å². The lowest BCUT2D eigenvalue weighted by Crippen LogP contribution is -2.61. The minimum absolute atomic E-state index is 0.0163. The van der Waals surface area contributed by atoms with Crippen LogP contribution in [-0.2, 0) is 66.7 Å². The minimum Gasteiger partial charge on any atom is -0.465 e. The van der Waals surface area contributed by atoms with Crippen molar-refractivity contribution < 1.29 is 82.0 Å². The van der Waals surface area contributed by atoms with E-state index in [1.165, 1.54) is 47.3 Å². The van der Waals surface area contributed by atoms with Gasteiger partial charge in [-0.1, -0.05) is 58.9 Å². The third kappa shape index (κ3) is 13.9. The largest absolute Gasteiger partial charge is 0.465 e. The number of allylic oxidation sites excluding steroid dienone is 4. The molecule has 19 unspecified atom stereocenters. The maximum Gasteiger partial charge on any atom is 0.329 e. The highest BCUT2D eigenvalue weighted by molar-refractivity contribution is 6.39. The number of ketones is 3. The van der Waals surface area contributed by atoms with E-state index in [-0.39, 0.29) is 69.1 Å². The normalized spacial score (nSPS) is 39.8. The number of methoxy groups -OCH3 is 3. The molecule has 1 saturated carbocycles. The Morgan fingerprint density at radius 2 is 1.47 bits per heavy atom. The molecule has 20 heteroatoms. The van der Waals surface area contributed by atoms with Gasteiger partial charge in [-0.3, -0.25) is 28.8 Å². The molecular formula is C61H89N3O17. The Hall–Kier alpha value is -5.19. The minimum atomic E-state index is -2.65. The first kappa shape index (κ1) is 66.6. The predicted molar refractivity (Wildman–Crippen MR) is 292 cm³/mol.